The Hall–Kier alpha value is -1.79. The molecule has 20 heavy (non-hydrogen) atoms. The number of carboxylic acid groups (broad SMARTS) is 1. The topological polar surface area (TPSA) is 95.7 Å². The maximum Gasteiger partial charge on any atom is 0.337 e. The second-order valence-corrected chi connectivity index (χ2v) is 5.19. The molecule has 1 heterocycles. The summed E-state index contributed by atoms with van der Waals surface area (Å²) in [4.78, 5) is 24.8. The zero-order chi connectivity index (χ0) is 14.7. The van der Waals surface area contributed by atoms with Crippen molar-refractivity contribution in [2.75, 3.05) is 18.4 Å². The lowest BCUT2D eigenvalue weighted by molar-refractivity contribution is 0.0698. The molecule has 108 valence electrons. The fourth-order valence-electron chi connectivity index (χ4n) is 2.10. The van der Waals surface area contributed by atoms with Crippen LogP contribution in [0.5, 0.6) is 0 Å². The van der Waals surface area contributed by atoms with Crippen LogP contribution < -0.4 is 11.1 Å². The van der Waals surface area contributed by atoms with Crippen LogP contribution in [-0.2, 0) is 0 Å². The zero-order valence-corrected chi connectivity index (χ0v) is 11.6. The first kappa shape index (κ1) is 14.6. The maximum atomic E-state index is 12.1. The van der Waals surface area contributed by atoms with Gasteiger partial charge in [-0.3, -0.25) is 0 Å². The van der Waals surface area contributed by atoms with E-state index in [0.29, 0.717) is 18.1 Å². The molecule has 1 aliphatic heterocycles. The van der Waals surface area contributed by atoms with Crippen molar-refractivity contribution in [3.8, 4) is 0 Å². The lowest BCUT2D eigenvalue weighted by Gasteiger charge is -2.30. The number of nitrogens with one attached hydrogen (secondary N) is 1. The summed E-state index contributed by atoms with van der Waals surface area (Å²) < 4.78 is 0. The molecule has 6 nitrogen and oxygen atoms in total. The molecule has 2 rings (SSSR count). The van der Waals surface area contributed by atoms with Crippen molar-refractivity contribution in [2.24, 2.45) is 5.73 Å². The Morgan fingerprint density at radius 3 is 2.60 bits per heavy atom. The summed E-state index contributed by atoms with van der Waals surface area (Å²) >= 11 is 5.84. The van der Waals surface area contributed by atoms with Gasteiger partial charge in [0.15, 0.2) is 0 Å². The van der Waals surface area contributed by atoms with Gasteiger partial charge in [0.05, 0.1) is 11.3 Å². The Balaban J connectivity index is 2.11. The number of nitrogens with two attached hydrogens (primary N) is 1. The number of anilines is 1. The predicted molar refractivity (Wildman–Crippen MR) is 76.2 cm³/mol. The first-order valence-electron chi connectivity index (χ1n) is 6.31. The number of urea groups is 1. The van der Waals surface area contributed by atoms with Crippen molar-refractivity contribution in [2.45, 2.75) is 18.9 Å². The summed E-state index contributed by atoms with van der Waals surface area (Å²) in [5, 5.41) is 12.1. The summed E-state index contributed by atoms with van der Waals surface area (Å²) in [5.74, 6) is -1.11. The number of amides is 2. The molecule has 0 bridgehead atoms. The Bertz CT molecular complexity index is 528. The van der Waals surface area contributed by atoms with Crippen LogP contribution in [0.15, 0.2) is 18.2 Å². The van der Waals surface area contributed by atoms with E-state index in [9.17, 15) is 9.59 Å². The van der Waals surface area contributed by atoms with Crippen LogP contribution in [0.4, 0.5) is 10.5 Å². The molecule has 1 fully saturated rings. The molecule has 0 spiro atoms. The van der Waals surface area contributed by atoms with Crippen LogP contribution in [0.1, 0.15) is 23.2 Å². The van der Waals surface area contributed by atoms with E-state index in [4.69, 9.17) is 22.4 Å². The van der Waals surface area contributed by atoms with Gasteiger partial charge in [0.1, 0.15) is 0 Å². The summed E-state index contributed by atoms with van der Waals surface area (Å²) in [6.07, 6.45) is 1.49. The fourth-order valence-corrected chi connectivity index (χ4v) is 2.28. The van der Waals surface area contributed by atoms with Gasteiger partial charge in [-0.05, 0) is 31.0 Å². The molecule has 2 amide bonds. The highest BCUT2D eigenvalue weighted by Crippen LogP contribution is 2.22. The van der Waals surface area contributed by atoms with Crippen molar-refractivity contribution in [1.82, 2.24) is 4.90 Å². The monoisotopic (exact) mass is 297 g/mol. The third kappa shape index (κ3) is 3.40. The van der Waals surface area contributed by atoms with Gasteiger partial charge in [-0.15, -0.1) is 0 Å². The van der Waals surface area contributed by atoms with Crippen molar-refractivity contribution < 1.29 is 14.7 Å². The minimum Gasteiger partial charge on any atom is -0.478 e. The minimum atomic E-state index is -1.11. The minimum absolute atomic E-state index is 0.0106. The summed E-state index contributed by atoms with van der Waals surface area (Å²) in [5.41, 5.74) is 5.99. The largest absolute Gasteiger partial charge is 0.478 e. The highest BCUT2D eigenvalue weighted by Gasteiger charge is 2.22. The molecule has 1 aromatic carbocycles. The number of carboxylic acids is 1. The Morgan fingerprint density at radius 1 is 1.35 bits per heavy atom. The lowest BCUT2D eigenvalue weighted by Crippen LogP contribution is -2.44. The van der Waals surface area contributed by atoms with Crippen LogP contribution in [0.25, 0.3) is 0 Å². The van der Waals surface area contributed by atoms with E-state index in [0.717, 1.165) is 12.8 Å². The summed E-state index contributed by atoms with van der Waals surface area (Å²) in [6.45, 7) is 1.13. The third-order valence-electron chi connectivity index (χ3n) is 3.28. The highest BCUT2D eigenvalue weighted by molar-refractivity contribution is 6.31. The van der Waals surface area contributed by atoms with E-state index in [-0.39, 0.29) is 23.3 Å². The number of likely N-dealkylation sites (tertiary alicyclic amines) is 1. The molecule has 1 saturated heterocycles. The Labute approximate surface area is 121 Å². The van der Waals surface area contributed by atoms with E-state index in [1.807, 2.05) is 0 Å². The molecule has 0 radical (unpaired) electrons. The van der Waals surface area contributed by atoms with Gasteiger partial charge in [0, 0.05) is 24.2 Å². The van der Waals surface area contributed by atoms with E-state index in [1.165, 1.54) is 18.2 Å². The average Bonchev–Trinajstić information content (AvgIpc) is 2.39. The number of nitrogens with zero attached hydrogens (tertiary/aromatic N) is 1. The van der Waals surface area contributed by atoms with Gasteiger partial charge >= 0.3 is 12.0 Å². The van der Waals surface area contributed by atoms with Crippen LogP contribution in [0.3, 0.4) is 0 Å². The van der Waals surface area contributed by atoms with Gasteiger partial charge < -0.3 is 21.1 Å². The van der Waals surface area contributed by atoms with E-state index < -0.39 is 5.97 Å². The number of hydrogen-bond acceptors (Lipinski definition) is 3. The van der Waals surface area contributed by atoms with Crippen LogP contribution in [-0.4, -0.2) is 41.1 Å². The van der Waals surface area contributed by atoms with Crippen molar-refractivity contribution in [1.29, 1.82) is 0 Å². The predicted octanol–water partition coefficient (Wildman–Crippen LogP) is 1.99. The van der Waals surface area contributed by atoms with Crippen molar-refractivity contribution in [3.63, 3.8) is 0 Å². The quantitative estimate of drug-likeness (QED) is 0.778. The fraction of sp³-hybridized carbons (Fsp3) is 0.385. The van der Waals surface area contributed by atoms with Crippen molar-refractivity contribution >= 4 is 29.3 Å². The standard InChI is InChI=1S/C13H16ClN3O3/c14-8-1-2-10(12(18)19)11(7-8)16-13(20)17-5-3-9(15)4-6-17/h1-2,7,9H,3-6,15H2,(H,16,20)(H,18,19). The Morgan fingerprint density at radius 2 is 2.00 bits per heavy atom. The molecular weight excluding hydrogens is 282 g/mol. The van der Waals surface area contributed by atoms with E-state index in [1.54, 1.807) is 4.90 Å². The first-order chi connectivity index (χ1) is 9.47. The van der Waals surface area contributed by atoms with Gasteiger partial charge in [0.25, 0.3) is 0 Å². The zero-order valence-electron chi connectivity index (χ0n) is 10.8. The number of carbonyl (C=O) groups is 2. The molecule has 1 aliphatic rings. The molecule has 4 N–H and O–H groups in total. The smallest absolute Gasteiger partial charge is 0.337 e. The normalized spacial score (nSPS) is 16.0. The van der Waals surface area contributed by atoms with Gasteiger partial charge in [-0.25, -0.2) is 9.59 Å². The van der Waals surface area contributed by atoms with Crippen LogP contribution in [0.2, 0.25) is 5.02 Å². The van der Waals surface area contributed by atoms with E-state index >= 15 is 0 Å². The van der Waals surface area contributed by atoms with Gasteiger partial charge in [0.2, 0.25) is 0 Å². The molecule has 0 saturated carbocycles. The second-order valence-electron chi connectivity index (χ2n) is 4.75. The second kappa shape index (κ2) is 6.11. The summed E-state index contributed by atoms with van der Waals surface area (Å²) in [7, 11) is 0. The molecule has 1 aromatic rings. The van der Waals surface area contributed by atoms with Crippen LogP contribution >= 0.6 is 11.6 Å². The highest BCUT2D eigenvalue weighted by atomic mass is 35.5. The number of rotatable bonds is 2. The lowest BCUT2D eigenvalue weighted by atomic mass is 10.1. The number of piperidine rings is 1. The third-order valence-corrected chi connectivity index (χ3v) is 3.52. The number of benzene rings is 1. The summed E-state index contributed by atoms with van der Waals surface area (Å²) in [6, 6.07) is 4.06. The Kier molecular flexibility index (Phi) is 4.46. The SMILES string of the molecule is NC1CCN(C(=O)Nc2cc(Cl)ccc2C(=O)O)CC1. The van der Waals surface area contributed by atoms with Gasteiger partial charge in [-0.1, -0.05) is 11.6 Å². The molecule has 0 aliphatic carbocycles. The molecule has 7 heteroatoms. The average molecular weight is 298 g/mol. The number of carbonyl (C=O) groups excluding carboxylic acids is 1. The molecule has 0 atom stereocenters. The van der Waals surface area contributed by atoms with E-state index in [2.05, 4.69) is 5.32 Å². The molecule has 0 aromatic heterocycles. The first-order valence-corrected chi connectivity index (χ1v) is 6.69. The van der Waals surface area contributed by atoms with Crippen molar-refractivity contribution in [3.05, 3.63) is 28.8 Å². The number of hydrogen-bond donors (Lipinski definition) is 3. The van der Waals surface area contributed by atoms with Crippen LogP contribution in [0, 0.1) is 0 Å². The maximum absolute atomic E-state index is 12.1. The number of aromatic carboxylic acids is 1. The molecular formula is C13H16ClN3O3. The molecule has 0 unspecified atom stereocenters. The number of halogens is 1. The van der Waals surface area contributed by atoms with Gasteiger partial charge in [-0.2, -0.15) is 0 Å².